The van der Waals surface area contributed by atoms with Gasteiger partial charge in [0.1, 0.15) is 30.3 Å². The van der Waals surface area contributed by atoms with Crippen LogP contribution in [0.25, 0.3) is 33.6 Å². The highest BCUT2D eigenvalue weighted by molar-refractivity contribution is 6.05. The number of ether oxygens (including phenoxy) is 1. The van der Waals surface area contributed by atoms with Gasteiger partial charge in [-0.2, -0.15) is 0 Å². The molecular weight excluding hydrogens is 576 g/mol. The Balaban J connectivity index is 1.08. The lowest BCUT2D eigenvalue weighted by atomic mass is 9.99. The summed E-state index contributed by atoms with van der Waals surface area (Å²) in [5.41, 5.74) is 6.01. The molecule has 9 heteroatoms. The Morgan fingerprint density at radius 3 is 2.07 bits per heavy atom. The van der Waals surface area contributed by atoms with E-state index in [1.807, 2.05) is 111 Å². The molecule has 0 atom stereocenters. The zero-order valence-electron chi connectivity index (χ0n) is 25.9. The van der Waals surface area contributed by atoms with Crippen LogP contribution in [-0.4, -0.2) is 54.7 Å². The predicted octanol–water partition coefficient (Wildman–Crippen LogP) is 7.80. The summed E-state index contributed by atoms with van der Waals surface area (Å²) in [5, 5.41) is 10.1. The molecular formula is C37H36N6O3. The highest BCUT2D eigenvalue weighted by Gasteiger charge is 2.21. The minimum absolute atomic E-state index is 0.312. The van der Waals surface area contributed by atoms with Crippen molar-refractivity contribution < 1.29 is 13.9 Å². The number of urea groups is 1. The van der Waals surface area contributed by atoms with Crippen LogP contribution in [0.4, 0.5) is 22.0 Å². The van der Waals surface area contributed by atoms with Gasteiger partial charge < -0.3 is 30.0 Å². The van der Waals surface area contributed by atoms with Gasteiger partial charge >= 0.3 is 6.03 Å². The van der Waals surface area contributed by atoms with Gasteiger partial charge in [-0.25, -0.2) is 14.8 Å². The molecule has 0 aliphatic rings. The Kier molecular flexibility index (Phi) is 9.51. The molecule has 0 unspecified atom stereocenters. The van der Waals surface area contributed by atoms with Crippen molar-refractivity contribution in [1.82, 2.24) is 14.9 Å². The number of hydrogen-bond acceptors (Lipinski definition) is 7. The summed E-state index contributed by atoms with van der Waals surface area (Å²) >= 11 is 0. The molecule has 0 saturated carbocycles. The second kappa shape index (κ2) is 14.4. The molecule has 0 radical (unpaired) electrons. The maximum atomic E-state index is 12.6. The number of fused-ring (bicyclic) bond motifs is 1. The number of nitrogens with zero attached hydrogens (tertiary/aromatic N) is 3. The molecule has 0 spiro atoms. The number of rotatable bonds is 12. The Labute approximate surface area is 268 Å². The molecule has 0 bridgehead atoms. The van der Waals surface area contributed by atoms with Crippen molar-refractivity contribution in [2.45, 2.75) is 6.42 Å². The maximum absolute atomic E-state index is 12.6. The Bertz CT molecular complexity index is 1870. The molecule has 6 aromatic rings. The number of furan rings is 1. The second-order valence-electron chi connectivity index (χ2n) is 11.1. The molecule has 2 amide bonds. The van der Waals surface area contributed by atoms with E-state index >= 15 is 0 Å². The van der Waals surface area contributed by atoms with Gasteiger partial charge in [-0.05, 0) is 68.0 Å². The number of amides is 2. The molecule has 0 saturated heterocycles. The lowest BCUT2D eigenvalue weighted by Gasteiger charge is -2.12. The van der Waals surface area contributed by atoms with Crippen LogP contribution in [0.1, 0.15) is 5.56 Å². The first kappa shape index (κ1) is 30.4. The molecule has 0 fully saturated rings. The highest BCUT2D eigenvalue weighted by atomic mass is 16.5. The lowest BCUT2D eigenvalue weighted by Crippen LogP contribution is -2.20. The van der Waals surface area contributed by atoms with E-state index in [0.717, 1.165) is 57.9 Å². The van der Waals surface area contributed by atoms with Crippen LogP contribution in [0, 0.1) is 0 Å². The first-order valence-electron chi connectivity index (χ1n) is 15.2. The van der Waals surface area contributed by atoms with Gasteiger partial charge in [-0.1, -0.05) is 72.8 Å². The number of nitrogens with one attached hydrogen (secondary N) is 3. The summed E-state index contributed by atoms with van der Waals surface area (Å²) in [5.74, 6) is 2.25. The van der Waals surface area contributed by atoms with Crippen LogP contribution in [-0.2, 0) is 6.42 Å². The Hall–Kier alpha value is -5.67. The third kappa shape index (κ3) is 7.51. The first-order valence-corrected chi connectivity index (χ1v) is 15.2. The topological polar surface area (TPSA) is 105 Å². The van der Waals surface area contributed by atoms with Crippen LogP contribution in [0.2, 0.25) is 0 Å². The van der Waals surface area contributed by atoms with E-state index in [4.69, 9.17) is 9.15 Å². The number of hydrogen-bond donors (Lipinski definition) is 3. The molecule has 0 aliphatic heterocycles. The van der Waals surface area contributed by atoms with Crippen LogP contribution < -0.4 is 20.7 Å². The number of likely N-dealkylation sites (N-methyl/N-ethyl adjacent to an activating group) is 1. The molecule has 6 rings (SSSR count). The molecule has 46 heavy (non-hydrogen) atoms. The van der Waals surface area contributed by atoms with E-state index in [2.05, 4.69) is 43.0 Å². The van der Waals surface area contributed by atoms with Crippen LogP contribution >= 0.6 is 0 Å². The van der Waals surface area contributed by atoms with Crippen molar-refractivity contribution in [3.05, 3.63) is 121 Å². The van der Waals surface area contributed by atoms with Gasteiger partial charge in [-0.3, -0.25) is 0 Å². The number of benzene rings is 4. The zero-order chi connectivity index (χ0) is 31.7. The summed E-state index contributed by atoms with van der Waals surface area (Å²) in [6.07, 6.45) is 2.28. The van der Waals surface area contributed by atoms with Gasteiger partial charge in [0.2, 0.25) is 5.71 Å². The Morgan fingerprint density at radius 1 is 0.783 bits per heavy atom. The summed E-state index contributed by atoms with van der Waals surface area (Å²) in [4.78, 5) is 23.7. The lowest BCUT2D eigenvalue weighted by molar-refractivity contribution is 0.261. The fourth-order valence-corrected chi connectivity index (χ4v) is 5.09. The molecule has 2 heterocycles. The second-order valence-corrected chi connectivity index (χ2v) is 11.1. The molecule has 232 valence electrons. The normalized spacial score (nSPS) is 11.0. The number of carbonyl (C=O) groups is 1. The molecule has 3 N–H and O–H groups in total. The summed E-state index contributed by atoms with van der Waals surface area (Å²) in [6.45, 7) is 2.08. The van der Waals surface area contributed by atoms with Crippen LogP contribution in [0.3, 0.4) is 0 Å². The molecule has 2 aromatic heterocycles. The van der Waals surface area contributed by atoms with Gasteiger partial charge in [0.05, 0.1) is 5.39 Å². The number of aromatic nitrogens is 2. The van der Waals surface area contributed by atoms with E-state index in [0.29, 0.717) is 30.2 Å². The number of anilines is 3. The summed E-state index contributed by atoms with van der Waals surface area (Å²) < 4.78 is 12.0. The van der Waals surface area contributed by atoms with Crippen molar-refractivity contribution >= 4 is 34.3 Å². The van der Waals surface area contributed by atoms with Crippen molar-refractivity contribution in [2.75, 3.05) is 49.7 Å². The van der Waals surface area contributed by atoms with Crippen molar-refractivity contribution in [1.29, 1.82) is 0 Å². The Morgan fingerprint density at radius 2 is 1.41 bits per heavy atom. The standard InChI is InChI=1S/C37H36N6O3/c1-43(2)23-24-45-31-19-17-30(18-20-31)42-37(44)41-29-15-13-26(14-16-29)21-22-38-35-33-32(27-9-5-3-6-10-27)34(28-11-7-4-8-12-28)46-36(33)40-25-39-35/h3-20,25H,21-24H2,1-2H3,(H,38,39,40)(H2,41,42,44). The zero-order valence-corrected chi connectivity index (χ0v) is 25.9. The van der Waals surface area contributed by atoms with E-state index < -0.39 is 0 Å². The first-order chi connectivity index (χ1) is 22.5. The van der Waals surface area contributed by atoms with E-state index in [9.17, 15) is 4.79 Å². The van der Waals surface area contributed by atoms with Crippen molar-refractivity contribution in [3.8, 4) is 28.2 Å². The fourth-order valence-electron chi connectivity index (χ4n) is 5.09. The predicted molar refractivity (Wildman–Crippen MR) is 184 cm³/mol. The van der Waals surface area contributed by atoms with Gasteiger partial charge in [0, 0.05) is 35.6 Å². The minimum Gasteiger partial charge on any atom is -0.492 e. The van der Waals surface area contributed by atoms with E-state index in [1.165, 1.54) is 6.33 Å². The SMILES string of the molecule is CN(C)CCOc1ccc(NC(=O)Nc2ccc(CCNc3ncnc4oc(-c5ccccc5)c(-c5ccccc5)c34)cc2)cc1. The summed E-state index contributed by atoms with van der Waals surface area (Å²) in [6, 6.07) is 35.1. The number of carbonyl (C=O) groups excluding carboxylic acids is 1. The van der Waals surface area contributed by atoms with Gasteiger partial charge in [0.25, 0.3) is 0 Å². The molecule has 4 aromatic carbocycles. The monoisotopic (exact) mass is 612 g/mol. The average molecular weight is 613 g/mol. The van der Waals surface area contributed by atoms with Crippen LogP contribution in [0.5, 0.6) is 5.75 Å². The molecule has 9 nitrogen and oxygen atoms in total. The van der Waals surface area contributed by atoms with Crippen molar-refractivity contribution in [3.63, 3.8) is 0 Å². The average Bonchev–Trinajstić information content (AvgIpc) is 3.48. The summed E-state index contributed by atoms with van der Waals surface area (Å²) in [7, 11) is 4.01. The van der Waals surface area contributed by atoms with Crippen molar-refractivity contribution in [2.24, 2.45) is 0 Å². The smallest absolute Gasteiger partial charge is 0.323 e. The quantitative estimate of drug-likeness (QED) is 0.130. The minimum atomic E-state index is -0.312. The fraction of sp³-hybridized carbons (Fsp3) is 0.162. The largest absolute Gasteiger partial charge is 0.492 e. The third-order valence-corrected chi connectivity index (χ3v) is 7.42. The molecule has 0 aliphatic carbocycles. The van der Waals surface area contributed by atoms with Crippen LogP contribution in [0.15, 0.2) is 120 Å². The highest BCUT2D eigenvalue weighted by Crippen LogP contribution is 2.42. The third-order valence-electron chi connectivity index (χ3n) is 7.42. The van der Waals surface area contributed by atoms with E-state index in [-0.39, 0.29) is 6.03 Å². The van der Waals surface area contributed by atoms with E-state index in [1.54, 1.807) is 0 Å². The van der Waals surface area contributed by atoms with Gasteiger partial charge in [0.15, 0.2) is 0 Å². The van der Waals surface area contributed by atoms with Gasteiger partial charge in [-0.15, -0.1) is 0 Å². The maximum Gasteiger partial charge on any atom is 0.323 e.